The molecule has 4 aromatic carbocycles. The molecule has 1 heterocycles. The largest absolute Gasteiger partial charge is 0.480 e. The fourth-order valence-electron chi connectivity index (χ4n) is 4.66. The number of aliphatic carboxylic acids is 1. The number of carbonyl (C=O) groups is 4. The molecule has 0 atom stereocenters. The third kappa shape index (κ3) is 7.47. The standard InChI is InChI=1S/C17H16N2O2.C16H16N2O3/c18-17(21)14-7-6-13-8-9-19(15(13)11-14)16(20)10-12-4-2-1-3-5-12;17-10-12-5-4-8-14(9-12)18(11-15(19)20)16(21)13-6-2-1-3-7-13/h1-7,11H,8-10H2,(H2,18,21);1-9H,10-11,17H2,(H,19,20). The second kappa shape index (κ2) is 13.9. The van der Waals surface area contributed by atoms with Crippen LogP contribution in [-0.4, -0.2) is 41.9 Å². The first-order valence-corrected chi connectivity index (χ1v) is 13.4. The molecule has 0 bridgehead atoms. The summed E-state index contributed by atoms with van der Waals surface area (Å²) in [5.74, 6) is -1.86. The molecule has 0 aromatic heterocycles. The molecule has 1 aliphatic rings. The van der Waals surface area contributed by atoms with Gasteiger partial charge in [0.1, 0.15) is 6.54 Å². The Morgan fingerprint density at radius 3 is 2.10 bits per heavy atom. The number of primary amides is 1. The number of nitrogens with two attached hydrogens (primary N) is 2. The third-order valence-corrected chi connectivity index (χ3v) is 6.78. The second-order valence-electron chi connectivity index (χ2n) is 9.69. The number of amides is 3. The van der Waals surface area contributed by atoms with Gasteiger partial charge in [-0.25, -0.2) is 0 Å². The van der Waals surface area contributed by atoms with Crippen molar-refractivity contribution in [3.05, 3.63) is 131 Å². The molecular formula is C33H32N4O5. The molecule has 214 valence electrons. The molecule has 0 saturated heterocycles. The SMILES string of the molecule is NC(=O)c1ccc2c(c1)N(C(=O)Cc1ccccc1)CC2.NCc1cccc(N(CC(=O)O)C(=O)c2ccccc2)c1. The molecule has 0 saturated carbocycles. The van der Waals surface area contributed by atoms with Crippen molar-refractivity contribution in [2.24, 2.45) is 11.5 Å². The lowest BCUT2D eigenvalue weighted by atomic mass is 10.1. The van der Waals surface area contributed by atoms with E-state index in [2.05, 4.69) is 0 Å². The van der Waals surface area contributed by atoms with Gasteiger partial charge in [-0.05, 0) is 59.5 Å². The summed E-state index contributed by atoms with van der Waals surface area (Å²) in [6.45, 7) is 0.583. The minimum atomic E-state index is -1.07. The number of fused-ring (bicyclic) bond motifs is 1. The topological polar surface area (TPSA) is 147 Å². The van der Waals surface area contributed by atoms with Crippen molar-refractivity contribution in [1.29, 1.82) is 0 Å². The summed E-state index contributed by atoms with van der Waals surface area (Å²) in [5, 5.41) is 9.05. The quantitative estimate of drug-likeness (QED) is 0.297. The lowest BCUT2D eigenvalue weighted by Crippen LogP contribution is -2.35. The first-order valence-electron chi connectivity index (χ1n) is 13.4. The Morgan fingerprint density at radius 2 is 1.45 bits per heavy atom. The lowest BCUT2D eigenvalue weighted by Gasteiger charge is -2.21. The maximum atomic E-state index is 12.5. The lowest BCUT2D eigenvalue weighted by molar-refractivity contribution is -0.135. The van der Waals surface area contributed by atoms with Crippen LogP contribution in [0.3, 0.4) is 0 Å². The zero-order valence-electron chi connectivity index (χ0n) is 23.0. The summed E-state index contributed by atoms with van der Waals surface area (Å²) in [6, 6.07) is 30.6. The van der Waals surface area contributed by atoms with Crippen LogP contribution in [0.15, 0.2) is 103 Å². The van der Waals surface area contributed by atoms with Crippen LogP contribution in [0.25, 0.3) is 0 Å². The maximum Gasteiger partial charge on any atom is 0.323 e. The fourth-order valence-corrected chi connectivity index (χ4v) is 4.66. The zero-order chi connectivity index (χ0) is 30.1. The van der Waals surface area contributed by atoms with Crippen LogP contribution in [0, 0.1) is 0 Å². The van der Waals surface area contributed by atoms with Crippen molar-refractivity contribution < 1.29 is 24.3 Å². The van der Waals surface area contributed by atoms with E-state index in [0.717, 1.165) is 28.8 Å². The number of rotatable bonds is 8. The van der Waals surface area contributed by atoms with E-state index in [1.54, 1.807) is 65.6 Å². The number of anilines is 2. The predicted octanol–water partition coefficient (Wildman–Crippen LogP) is 3.79. The average molecular weight is 565 g/mol. The number of carboxylic acid groups (broad SMARTS) is 1. The highest BCUT2D eigenvalue weighted by molar-refractivity contribution is 6.08. The van der Waals surface area contributed by atoms with Crippen LogP contribution in [0.5, 0.6) is 0 Å². The molecular weight excluding hydrogens is 532 g/mol. The van der Waals surface area contributed by atoms with Gasteiger partial charge in [0, 0.05) is 35.6 Å². The van der Waals surface area contributed by atoms with Crippen molar-refractivity contribution in [3.8, 4) is 0 Å². The van der Waals surface area contributed by atoms with Gasteiger partial charge >= 0.3 is 5.97 Å². The predicted molar refractivity (Wildman–Crippen MR) is 161 cm³/mol. The molecule has 0 unspecified atom stereocenters. The Bertz CT molecular complexity index is 1570. The number of nitrogens with zero attached hydrogens (tertiary/aromatic N) is 2. The molecule has 9 nitrogen and oxygen atoms in total. The van der Waals surface area contributed by atoms with E-state index in [4.69, 9.17) is 16.6 Å². The Hall–Kier alpha value is -5.28. The first kappa shape index (κ1) is 29.7. The molecule has 9 heteroatoms. The van der Waals surface area contributed by atoms with E-state index in [9.17, 15) is 19.2 Å². The average Bonchev–Trinajstić information content (AvgIpc) is 3.44. The highest BCUT2D eigenvalue weighted by Gasteiger charge is 2.25. The van der Waals surface area contributed by atoms with E-state index in [0.29, 0.717) is 36.3 Å². The van der Waals surface area contributed by atoms with Gasteiger partial charge in [-0.3, -0.25) is 24.1 Å². The van der Waals surface area contributed by atoms with Crippen LogP contribution in [-0.2, 0) is 29.0 Å². The molecule has 4 aromatic rings. The number of hydrogen-bond donors (Lipinski definition) is 3. The number of carboxylic acids is 1. The Labute approximate surface area is 244 Å². The molecule has 0 spiro atoms. The monoisotopic (exact) mass is 564 g/mol. The highest BCUT2D eigenvalue weighted by Crippen LogP contribution is 2.29. The van der Waals surface area contributed by atoms with Gasteiger partial charge < -0.3 is 21.5 Å². The van der Waals surface area contributed by atoms with Crippen LogP contribution in [0.1, 0.15) is 37.4 Å². The zero-order valence-corrected chi connectivity index (χ0v) is 23.0. The van der Waals surface area contributed by atoms with Gasteiger partial charge in [-0.15, -0.1) is 0 Å². The number of benzene rings is 4. The van der Waals surface area contributed by atoms with Crippen LogP contribution < -0.4 is 21.3 Å². The molecule has 0 fully saturated rings. The second-order valence-corrected chi connectivity index (χ2v) is 9.69. The Balaban J connectivity index is 0.000000193. The van der Waals surface area contributed by atoms with Crippen LogP contribution in [0.2, 0.25) is 0 Å². The van der Waals surface area contributed by atoms with Crippen LogP contribution >= 0.6 is 0 Å². The van der Waals surface area contributed by atoms with Crippen molar-refractivity contribution in [2.75, 3.05) is 22.9 Å². The summed E-state index contributed by atoms with van der Waals surface area (Å²) < 4.78 is 0. The first-order chi connectivity index (χ1) is 20.3. The summed E-state index contributed by atoms with van der Waals surface area (Å²) in [5.41, 5.74) is 16.0. The molecule has 42 heavy (non-hydrogen) atoms. The third-order valence-electron chi connectivity index (χ3n) is 6.78. The molecule has 1 aliphatic heterocycles. The van der Waals surface area contributed by atoms with Gasteiger partial charge in [-0.1, -0.05) is 66.7 Å². The summed E-state index contributed by atoms with van der Waals surface area (Å²) in [7, 11) is 0. The summed E-state index contributed by atoms with van der Waals surface area (Å²) >= 11 is 0. The van der Waals surface area contributed by atoms with Crippen molar-refractivity contribution in [3.63, 3.8) is 0 Å². The number of hydrogen-bond acceptors (Lipinski definition) is 5. The summed E-state index contributed by atoms with van der Waals surface area (Å²) in [6.07, 6.45) is 1.18. The summed E-state index contributed by atoms with van der Waals surface area (Å²) in [4.78, 5) is 50.3. The highest BCUT2D eigenvalue weighted by atomic mass is 16.4. The molecule has 5 N–H and O–H groups in total. The number of carbonyl (C=O) groups excluding carboxylic acids is 3. The van der Waals surface area contributed by atoms with Crippen molar-refractivity contribution >= 4 is 35.1 Å². The Kier molecular flexibility index (Phi) is 9.81. The van der Waals surface area contributed by atoms with Gasteiger partial charge in [0.2, 0.25) is 11.8 Å². The van der Waals surface area contributed by atoms with E-state index in [-0.39, 0.29) is 11.8 Å². The van der Waals surface area contributed by atoms with E-state index in [1.807, 2.05) is 42.5 Å². The van der Waals surface area contributed by atoms with E-state index in [1.165, 1.54) is 4.90 Å². The smallest absolute Gasteiger partial charge is 0.323 e. The molecule has 0 aliphatic carbocycles. The minimum Gasteiger partial charge on any atom is -0.480 e. The van der Waals surface area contributed by atoms with Gasteiger partial charge in [0.25, 0.3) is 5.91 Å². The van der Waals surface area contributed by atoms with E-state index < -0.39 is 18.4 Å². The van der Waals surface area contributed by atoms with Crippen molar-refractivity contribution in [2.45, 2.75) is 19.4 Å². The molecule has 5 rings (SSSR count). The minimum absolute atomic E-state index is 0.0431. The van der Waals surface area contributed by atoms with Crippen LogP contribution in [0.4, 0.5) is 11.4 Å². The van der Waals surface area contributed by atoms with E-state index >= 15 is 0 Å². The Morgan fingerprint density at radius 1 is 0.786 bits per heavy atom. The van der Waals surface area contributed by atoms with Crippen molar-refractivity contribution in [1.82, 2.24) is 0 Å². The van der Waals surface area contributed by atoms with Gasteiger partial charge in [0.05, 0.1) is 6.42 Å². The molecule has 0 radical (unpaired) electrons. The van der Waals surface area contributed by atoms with Gasteiger partial charge in [-0.2, -0.15) is 0 Å². The fraction of sp³-hybridized carbons (Fsp3) is 0.152. The molecule has 3 amide bonds. The normalized spacial score (nSPS) is 11.6. The van der Waals surface area contributed by atoms with Gasteiger partial charge in [0.15, 0.2) is 0 Å². The maximum absolute atomic E-state index is 12.5.